The molecule has 1 aromatic carbocycles. The second-order valence-electron chi connectivity index (χ2n) is 5.04. The van der Waals surface area contributed by atoms with Crippen molar-refractivity contribution in [2.45, 2.75) is 18.5 Å². The molecule has 2 aromatic heterocycles. The normalized spacial score (nSPS) is 10.5. The molecule has 122 valence electrons. The van der Waals surface area contributed by atoms with Gasteiger partial charge in [-0.3, -0.25) is 14.7 Å². The zero-order chi connectivity index (χ0) is 16.8. The Kier molecular flexibility index (Phi) is 5.22. The van der Waals surface area contributed by atoms with Crippen LogP contribution in [-0.2, 0) is 6.54 Å². The van der Waals surface area contributed by atoms with Crippen molar-refractivity contribution in [2.24, 2.45) is 0 Å². The van der Waals surface area contributed by atoms with Crippen LogP contribution in [0.1, 0.15) is 22.8 Å². The van der Waals surface area contributed by atoms with Crippen LogP contribution in [0, 0.1) is 0 Å². The lowest BCUT2D eigenvalue weighted by atomic mass is 10.2. The first-order valence-electron chi connectivity index (χ1n) is 7.58. The van der Waals surface area contributed by atoms with E-state index in [9.17, 15) is 4.79 Å². The van der Waals surface area contributed by atoms with Crippen molar-refractivity contribution in [1.82, 2.24) is 19.7 Å². The number of hydrogen-bond acceptors (Lipinski definition) is 5. The topological polar surface area (TPSA) is 72.7 Å². The van der Waals surface area contributed by atoms with E-state index >= 15 is 0 Å². The second-order valence-corrected chi connectivity index (χ2v) is 6.32. The first kappa shape index (κ1) is 16.2. The first-order valence-corrected chi connectivity index (χ1v) is 8.56. The highest BCUT2D eigenvalue weighted by atomic mass is 32.2. The van der Waals surface area contributed by atoms with Gasteiger partial charge in [0.2, 0.25) is 5.95 Å². The third-order valence-corrected chi connectivity index (χ3v) is 4.15. The molecule has 0 spiro atoms. The Hall–Kier alpha value is -2.67. The van der Waals surface area contributed by atoms with E-state index in [1.54, 1.807) is 34.9 Å². The van der Waals surface area contributed by atoms with Gasteiger partial charge in [-0.1, -0.05) is 37.3 Å². The molecule has 2 heterocycles. The van der Waals surface area contributed by atoms with Crippen LogP contribution in [0.5, 0.6) is 0 Å². The summed E-state index contributed by atoms with van der Waals surface area (Å²) in [6.45, 7) is 2.65. The molecule has 3 aromatic rings. The smallest absolute Gasteiger partial charge is 0.259 e. The largest absolute Gasteiger partial charge is 0.295 e. The molecule has 0 atom stereocenters. The summed E-state index contributed by atoms with van der Waals surface area (Å²) >= 11 is 1.64. The first-order chi connectivity index (χ1) is 11.8. The maximum absolute atomic E-state index is 12.3. The van der Waals surface area contributed by atoms with Crippen molar-refractivity contribution >= 4 is 23.6 Å². The number of carbonyl (C=O) groups excluding carboxylic acids is 1. The molecule has 3 rings (SSSR count). The zero-order valence-corrected chi connectivity index (χ0v) is 14.0. The summed E-state index contributed by atoms with van der Waals surface area (Å²) in [5, 5.41) is 11.6. The fourth-order valence-corrected chi connectivity index (χ4v) is 2.76. The van der Waals surface area contributed by atoms with E-state index in [-0.39, 0.29) is 5.91 Å². The molecule has 0 radical (unpaired) electrons. The Balaban J connectivity index is 1.70. The SMILES string of the molecule is CCSc1ccc(C(=O)Nc2nncn2Cc2ccccc2)cn1. The minimum atomic E-state index is -0.252. The third-order valence-electron chi connectivity index (χ3n) is 3.33. The van der Waals surface area contributed by atoms with Gasteiger partial charge in [-0.25, -0.2) is 4.98 Å². The molecule has 0 bridgehead atoms. The summed E-state index contributed by atoms with van der Waals surface area (Å²) in [5.74, 6) is 1.11. The van der Waals surface area contributed by atoms with Gasteiger partial charge < -0.3 is 0 Å². The van der Waals surface area contributed by atoms with Crippen molar-refractivity contribution < 1.29 is 4.79 Å². The van der Waals surface area contributed by atoms with Crippen LogP contribution in [0.4, 0.5) is 5.95 Å². The average molecular weight is 339 g/mol. The number of pyridine rings is 1. The van der Waals surface area contributed by atoms with Gasteiger partial charge in [0.15, 0.2) is 0 Å². The standard InChI is InChI=1S/C17H17N5OS/c1-2-24-15-9-8-14(10-18-15)16(23)20-17-21-19-12-22(17)11-13-6-4-3-5-7-13/h3-10,12H,2,11H2,1H3,(H,20,21,23). The summed E-state index contributed by atoms with van der Waals surface area (Å²) in [6, 6.07) is 13.5. The highest BCUT2D eigenvalue weighted by Crippen LogP contribution is 2.15. The van der Waals surface area contributed by atoms with Crippen LogP contribution >= 0.6 is 11.8 Å². The highest BCUT2D eigenvalue weighted by Gasteiger charge is 2.11. The molecule has 6 nitrogen and oxygen atoms in total. The zero-order valence-electron chi connectivity index (χ0n) is 13.2. The Morgan fingerprint density at radius 2 is 2.04 bits per heavy atom. The number of benzene rings is 1. The van der Waals surface area contributed by atoms with Crippen LogP contribution in [-0.4, -0.2) is 31.4 Å². The Morgan fingerprint density at radius 1 is 1.21 bits per heavy atom. The van der Waals surface area contributed by atoms with Crippen LogP contribution in [0.15, 0.2) is 60.0 Å². The molecule has 1 N–H and O–H groups in total. The number of nitrogens with zero attached hydrogens (tertiary/aromatic N) is 4. The number of hydrogen-bond donors (Lipinski definition) is 1. The van der Waals surface area contributed by atoms with E-state index in [0.717, 1.165) is 16.3 Å². The van der Waals surface area contributed by atoms with Crippen molar-refractivity contribution in [3.8, 4) is 0 Å². The average Bonchev–Trinajstić information content (AvgIpc) is 3.03. The van der Waals surface area contributed by atoms with E-state index < -0.39 is 0 Å². The molecular formula is C17H17N5OS. The second kappa shape index (κ2) is 7.74. The molecule has 0 aliphatic carbocycles. The summed E-state index contributed by atoms with van der Waals surface area (Å²) in [4.78, 5) is 16.6. The fraction of sp³-hybridized carbons (Fsp3) is 0.176. The number of aromatic nitrogens is 4. The van der Waals surface area contributed by atoms with E-state index in [1.807, 2.05) is 36.4 Å². The van der Waals surface area contributed by atoms with E-state index in [1.165, 1.54) is 0 Å². The molecule has 0 aliphatic heterocycles. The van der Waals surface area contributed by atoms with Gasteiger partial charge in [-0.15, -0.1) is 22.0 Å². The van der Waals surface area contributed by atoms with Crippen molar-refractivity contribution in [3.63, 3.8) is 0 Å². The Bertz CT molecular complexity index is 801. The number of amides is 1. The van der Waals surface area contributed by atoms with Crippen LogP contribution < -0.4 is 5.32 Å². The molecule has 0 unspecified atom stereocenters. The minimum Gasteiger partial charge on any atom is -0.295 e. The molecule has 7 heteroatoms. The third kappa shape index (κ3) is 3.99. The minimum absolute atomic E-state index is 0.252. The molecule has 0 fully saturated rings. The number of nitrogens with one attached hydrogen (secondary N) is 1. The number of rotatable bonds is 6. The molecular weight excluding hydrogens is 322 g/mol. The van der Waals surface area contributed by atoms with E-state index in [0.29, 0.717) is 18.1 Å². The van der Waals surface area contributed by atoms with Gasteiger partial charge in [0, 0.05) is 6.20 Å². The number of thioether (sulfide) groups is 1. The van der Waals surface area contributed by atoms with Crippen LogP contribution in [0.2, 0.25) is 0 Å². The van der Waals surface area contributed by atoms with Gasteiger partial charge in [0.05, 0.1) is 17.1 Å². The van der Waals surface area contributed by atoms with Crippen LogP contribution in [0.25, 0.3) is 0 Å². The van der Waals surface area contributed by atoms with Gasteiger partial charge in [0.1, 0.15) is 6.33 Å². The highest BCUT2D eigenvalue weighted by molar-refractivity contribution is 7.99. The van der Waals surface area contributed by atoms with E-state index in [2.05, 4.69) is 27.4 Å². The van der Waals surface area contributed by atoms with Gasteiger partial charge in [-0.05, 0) is 23.4 Å². The predicted molar refractivity (Wildman–Crippen MR) is 94.2 cm³/mol. The maximum atomic E-state index is 12.3. The summed E-state index contributed by atoms with van der Waals surface area (Å²) in [5.41, 5.74) is 1.60. The lowest BCUT2D eigenvalue weighted by molar-refractivity contribution is 0.102. The monoisotopic (exact) mass is 339 g/mol. The molecule has 24 heavy (non-hydrogen) atoms. The number of carbonyl (C=O) groups is 1. The van der Waals surface area contributed by atoms with Crippen molar-refractivity contribution in [1.29, 1.82) is 0 Å². The Morgan fingerprint density at radius 3 is 2.75 bits per heavy atom. The van der Waals surface area contributed by atoms with Crippen LogP contribution in [0.3, 0.4) is 0 Å². The fourth-order valence-electron chi connectivity index (χ4n) is 2.17. The van der Waals surface area contributed by atoms with Crippen molar-refractivity contribution in [3.05, 3.63) is 66.1 Å². The van der Waals surface area contributed by atoms with Crippen molar-refractivity contribution in [2.75, 3.05) is 11.1 Å². The predicted octanol–water partition coefficient (Wildman–Crippen LogP) is 3.09. The number of anilines is 1. The summed E-state index contributed by atoms with van der Waals surface area (Å²) in [7, 11) is 0. The summed E-state index contributed by atoms with van der Waals surface area (Å²) in [6.07, 6.45) is 3.17. The van der Waals surface area contributed by atoms with Gasteiger partial charge in [0.25, 0.3) is 5.91 Å². The lowest BCUT2D eigenvalue weighted by Gasteiger charge is -2.08. The Labute approximate surface area is 144 Å². The molecule has 0 saturated heterocycles. The molecule has 0 saturated carbocycles. The summed E-state index contributed by atoms with van der Waals surface area (Å²) < 4.78 is 1.79. The quantitative estimate of drug-likeness (QED) is 0.699. The van der Waals surface area contributed by atoms with E-state index in [4.69, 9.17) is 0 Å². The molecule has 1 amide bonds. The maximum Gasteiger partial charge on any atom is 0.259 e. The van der Waals surface area contributed by atoms with Gasteiger partial charge in [-0.2, -0.15) is 0 Å². The lowest BCUT2D eigenvalue weighted by Crippen LogP contribution is -2.16. The van der Waals surface area contributed by atoms with Gasteiger partial charge >= 0.3 is 0 Å². The molecule has 0 aliphatic rings.